The minimum absolute atomic E-state index is 0.131. The summed E-state index contributed by atoms with van der Waals surface area (Å²) >= 11 is 0. The van der Waals surface area contributed by atoms with Crippen LogP contribution in [0.2, 0.25) is 0 Å². The summed E-state index contributed by atoms with van der Waals surface area (Å²) in [6.07, 6.45) is 2.28. The molecule has 1 aliphatic heterocycles. The van der Waals surface area contributed by atoms with E-state index in [1.165, 1.54) is 19.2 Å². The van der Waals surface area contributed by atoms with Crippen LogP contribution in [-0.2, 0) is 7.05 Å². The number of amides is 1. The molecular formula is C15H15FN4O4. The highest BCUT2D eigenvalue weighted by Gasteiger charge is 2.29. The van der Waals surface area contributed by atoms with E-state index >= 15 is 0 Å². The van der Waals surface area contributed by atoms with Gasteiger partial charge >= 0.3 is 5.69 Å². The van der Waals surface area contributed by atoms with Crippen LogP contribution in [0.4, 0.5) is 10.1 Å². The Kier molecular flexibility index (Phi) is 4.15. The van der Waals surface area contributed by atoms with Gasteiger partial charge in [0.05, 0.1) is 17.6 Å². The zero-order valence-electron chi connectivity index (χ0n) is 12.9. The second-order valence-corrected chi connectivity index (χ2v) is 5.46. The Bertz CT molecular complexity index is 805. The molecule has 1 aromatic carbocycles. The van der Waals surface area contributed by atoms with Crippen molar-refractivity contribution in [2.45, 2.75) is 18.9 Å². The van der Waals surface area contributed by atoms with Crippen LogP contribution in [0.1, 0.15) is 34.9 Å². The van der Waals surface area contributed by atoms with Crippen molar-refractivity contribution in [3.05, 3.63) is 51.6 Å². The fourth-order valence-electron chi connectivity index (χ4n) is 2.75. The lowest BCUT2D eigenvalue weighted by Crippen LogP contribution is -2.30. The summed E-state index contributed by atoms with van der Waals surface area (Å²) < 4.78 is 20.0. The summed E-state index contributed by atoms with van der Waals surface area (Å²) in [5.41, 5.74) is 0.153. The number of carbonyl (C=O) groups is 1. The highest BCUT2D eigenvalue weighted by Crippen LogP contribution is 2.32. The minimum atomic E-state index is -0.651. The molecule has 0 saturated heterocycles. The first-order valence-corrected chi connectivity index (χ1v) is 7.37. The van der Waals surface area contributed by atoms with Crippen molar-refractivity contribution in [3.63, 3.8) is 0 Å². The van der Waals surface area contributed by atoms with Crippen LogP contribution in [-0.4, -0.2) is 27.2 Å². The molecule has 0 saturated carbocycles. The zero-order valence-corrected chi connectivity index (χ0v) is 12.9. The minimum Gasteiger partial charge on any atom is -0.493 e. The van der Waals surface area contributed by atoms with Crippen molar-refractivity contribution in [1.29, 1.82) is 0 Å². The molecule has 0 unspecified atom stereocenters. The van der Waals surface area contributed by atoms with Gasteiger partial charge in [-0.15, -0.1) is 0 Å². The first kappa shape index (κ1) is 15.9. The van der Waals surface area contributed by atoms with E-state index in [4.69, 9.17) is 4.74 Å². The standard InChI is InChI=1S/C15H15FN4O4/c1-19-14(12(8-17-19)20(22)23)15(21)18-11-3-2-6-24-13-7-9(16)4-5-10(11)13/h4-5,7-8,11H,2-3,6H2,1H3,(H,18,21)/t11-/m1/s1. The van der Waals surface area contributed by atoms with Gasteiger partial charge in [0, 0.05) is 18.7 Å². The van der Waals surface area contributed by atoms with Crippen molar-refractivity contribution < 1.29 is 18.8 Å². The lowest BCUT2D eigenvalue weighted by molar-refractivity contribution is -0.385. The molecule has 0 radical (unpaired) electrons. The normalized spacial score (nSPS) is 16.7. The third kappa shape index (κ3) is 2.92. The van der Waals surface area contributed by atoms with Gasteiger partial charge < -0.3 is 10.1 Å². The molecule has 1 amide bonds. The number of hydrogen-bond donors (Lipinski definition) is 1. The van der Waals surface area contributed by atoms with E-state index < -0.39 is 22.7 Å². The van der Waals surface area contributed by atoms with Crippen LogP contribution in [0, 0.1) is 15.9 Å². The Hall–Kier alpha value is -2.97. The highest BCUT2D eigenvalue weighted by molar-refractivity contribution is 5.96. The van der Waals surface area contributed by atoms with Gasteiger partial charge in [-0.25, -0.2) is 4.39 Å². The number of rotatable bonds is 3. The topological polar surface area (TPSA) is 99.3 Å². The molecular weight excluding hydrogens is 319 g/mol. The van der Waals surface area contributed by atoms with Crippen molar-refractivity contribution in [1.82, 2.24) is 15.1 Å². The third-order valence-corrected chi connectivity index (χ3v) is 3.88. The van der Waals surface area contributed by atoms with Crippen LogP contribution < -0.4 is 10.1 Å². The van der Waals surface area contributed by atoms with Crippen LogP contribution in [0.3, 0.4) is 0 Å². The summed E-state index contributed by atoms with van der Waals surface area (Å²) in [5, 5.41) is 17.6. The van der Waals surface area contributed by atoms with Gasteiger partial charge in [-0.2, -0.15) is 5.10 Å². The molecule has 1 N–H and O–H groups in total. The highest BCUT2D eigenvalue weighted by atomic mass is 19.1. The molecule has 0 fully saturated rings. The summed E-state index contributed by atoms with van der Waals surface area (Å²) in [6.45, 7) is 0.411. The number of nitro groups is 1. The second kappa shape index (κ2) is 6.26. The molecule has 126 valence electrons. The fourth-order valence-corrected chi connectivity index (χ4v) is 2.75. The number of hydrogen-bond acceptors (Lipinski definition) is 5. The number of carbonyl (C=O) groups excluding carboxylic acids is 1. The summed E-state index contributed by atoms with van der Waals surface area (Å²) in [5.74, 6) is -0.663. The quantitative estimate of drug-likeness (QED) is 0.684. The first-order valence-electron chi connectivity index (χ1n) is 7.37. The van der Waals surface area contributed by atoms with E-state index in [2.05, 4.69) is 10.4 Å². The molecule has 8 nitrogen and oxygen atoms in total. The number of benzene rings is 1. The van der Waals surface area contributed by atoms with Crippen LogP contribution in [0.15, 0.2) is 24.4 Å². The van der Waals surface area contributed by atoms with Gasteiger partial charge in [0.25, 0.3) is 5.91 Å². The van der Waals surface area contributed by atoms with E-state index in [0.717, 1.165) is 10.9 Å². The van der Waals surface area contributed by atoms with Gasteiger partial charge in [-0.3, -0.25) is 19.6 Å². The van der Waals surface area contributed by atoms with Crippen LogP contribution in [0.25, 0.3) is 0 Å². The lowest BCUT2D eigenvalue weighted by atomic mass is 10.0. The summed E-state index contributed by atoms with van der Waals surface area (Å²) in [4.78, 5) is 22.9. The average Bonchev–Trinajstić information content (AvgIpc) is 2.82. The maximum Gasteiger partial charge on any atom is 0.320 e. The van der Waals surface area contributed by atoms with Gasteiger partial charge in [-0.1, -0.05) is 6.07 Å². The van der Waals surface area contributed by atoms with E-state index in [1.54, 1.807) is 6.07 Å². The van der Waals surface area contributed by atoms with Crippen molar-refractivity contribution >= 4 is 11.6 Å². The Morgan fingerprint density at radius 2 is 2.33 bits per heavy atom. The van der Waals surface area contributed by atoms with Gasteiger partial charge in [0.1, 0.15) is 17.8 Å². The van der Waals surface area contributed by atoms with Crippen LogP contribution in [0.5, 0.6) is 5.75 Å². The maximum atomic E-state index is 13.4. The smallest absolute Gasteiger partial charge is 0.320 e. The first-order chi connectivity index (χ1) is 11.5. The number of halogens is 1. The van der Waals surface area contributed by atoms with Gasteiger partial charge in [0.15, 0.2) is 0 Å². The molecule has 24 heavy (non-hydrogen) atoms. The third-order valence-electron chi connectivity index (χ3n) is 3.88. The number of fused-ring (bicyclic) bond motifs is 1. The van der Waals surface area contributed by atoms with Crippen molar-refractivity contribution in [2.75, 3.05) is 6.61 Å². The van der Waals surface area contributed by atoms with Crippen molar-refractivity contribution in [3.8, 4) is 5.75 Å². The number of nitrogens with zero attached hydrogens (tertiary/aromatic N) is 3. The Labute approximate surface area is 136 Å². The van der Waals surface area contributed by atoms with E-state index in [1.807, 2.05) is 0 Å². The SMILES string of the molecule is Cn1ncc([N+](=O)[O-])c1C(=O)N[C@@H]1CCCOc2cc(F)ccc21. The monoisotopic (exact) mass is 334 g/mol. The molecule has 1 aromatic heterocycles. The summed E-state index contributed by atoms with van der Waals surface area (Å²) in [7, 11) is 1.46. The maximum absolute atomic E-state index is 13.4. The number of ether oxygens (including phenoxy) is 1. The molecule has 2 aromatic rings. The molecule has 3 rings (SSSR count). The summed E-state index contributed by atoms with van der Waals surface area (Å²) in [6, 6.07) is 3.69. The Morgan fingerprint density at radius 1 is 1.54 bits per heavy atom. The molecule has 9 heteroatoms. The fraction of sp³-hybridized carbons (Fsp3) is 0.333. The molecule has 0 spiro atoms. The largest absolute Gasteiger partial charge is 0.493 e. The van der Waals surface area contributed by atoms with E-state index in [-0.39, 0.29) is 11.4 Å². The predicted molar refractivity (Wildman–Crippen MR) is 81.2 cm³/mol. The van der Waals surface area contributed by atoms with Crippen LogP contribution >= 0.6 is 0 Å². The number of aryl methyl sites for hydroxylation is 1. The zero-order chi connectivity index (χ0) is 17.3. The van der Waals surface area contributed by atoms with E-state index in [0.29, 0.717) is 30.8 Å². The number of nitrogens with one attached hydrogen (secondary N) is 1. The van der Waals surface area contributed by atoms with E-state index in [9.17, 15) is 19.3 Å². The van der Waals surface area contributed by atoms with Gasteiger partial charge in [-0.05, 0) is 18.9 Å². The predicted octanol–water partition coefficient (Wildman–Crippen LogP) is 2.11. The van der Waals surface area contributed by atoms with Crippen molar-refractivity contribution in [2.24, 2.45) is 7.05 Å². The molecule has 2 heterocycles. The molecule has 1 aliphatic rings. The molecule has 1 atom stereocenters. The average molecular weight is 334 g/mol. The molecule has 0 bridgehead atoms. The Balaban J connectivity index is 1.90. The second-order valence-electron chi connectivity index (χ2n) is 5.46. The Morgan fingerprint density at radius 3 is 3.08 bits per heavy atom. The number of aromatic nitrogens is 2. The van der Waals surface area contributed by atoms with Gasteiger partial charge in [0.2, 0.25) is 5.69 Å². The molecule has 0 aliphatic carbocycles. The lowest BCUT2D eigenvalue weighted by Gasteiger charge is -2.18.